The van der Waals surface area contributed by atoms with Crippen LogP contribution in [0.3, 0.4) is 0 Å². The number of benzene rings is 1. The van der Waals surface area contributed by atoms with E-state index in [4.69, 9.17) is 0 Å². The second kappa shape index (κ2) is 4.09. The summed E-state index contributed by atoms with van der Waals surface area (Å²) in [4.78, 5) is 2.56. The van der Waals surface area contributed by atoms with Gasteiger partial charge in [0.15, 0.2) is 0 Å². The Labute approximate surface area is 94.3 Å². The Kier molecular flexibility index (Phi) is 2.76. The molecular weight excluding hydrogens is 256 g/mol. The van der Waals surface area contributed by atoms with Gasteiger partial charge in [-0.2, -0.15) is 4.98 Å². The zero-order chi connectivity index (χ0) is 12.5. The molecule has 0 fully saturated rings. The third-order valence-corrected chi connectivity index (χ3v) is 3.11. The number of sulfonamides is 1. The van der Waals surface area contributed by atoms with E-state index >= 15 is 0 Å². The summed E-state index contributed by atoms with van der Waals surface area (Å²) in [7, 11) is -4.29. The molecule has 1 aromatic carbocycles. The highest BCUT2D eigenvalue weighted by molar-refractivity contribution is 7.92. The smallest absolute Gasteiger partial charge is 0.277 e. The minimum atomic E-state index is -4.29. The van der Waals surface area contributed by atoms with Gasteiger partial charge in [-0.1, -0.05) is 0 Å². The highest BCUT2D eigenvalue weighted by Crippen LogP contribution is 2.17. The van der Waals surface area contributed by atoms with Crippen LogP contribution in [0.2, 0.25) is 0 Å². The first-order chi connectivity index (χ1) is 7.99. The Morgan fingerprint density at radius 2 is 2.06 bits per heavy atom. The second-order valence-corrected chi connectivity index (χ2v) is 4.59. The Morgan fingerprint density at radius 1 is 1.29 bits per heavy atom. The number of rotatable bonds is 3. The van der Waals surface area contributed by atoms with Crippen LogP contribution in [-0.4, -0.2) is 18.6 Å². The van der Waals surface area contributed by atoms with Crippen molar-refractivity contribution < 1.29 is 21.7 Å². The van der Waals surface area contributed by atoms with Crippen molar-refractivity contribution in [2.45, 2.75) is 4.90 Å². The van der Waals surface area contributed by atoms with Crippen LogP contribution in [0.5, 0.6) is 0 Å². The van der Waals surface area contributed by atoms with E-state index < -0.39 is 26.6 Å². The molecule has 17 heavy (non-hydrogen) atoms. The molecule has 0 aliphatic rings. The third-order valence-electron chi connectivity index (χ3n) is 1.77. The summed E-state index contributed by atoms with van der Waals surface area (Å²) in [6, 6.07) is 2.07. The van der Waals surface area contributed by atoms with E-state index in [1.54, 1.807) is 0 Å². The van der Waals surface area contributed by atoms with Gasteiger partial charge in [-0.25, -0.2) is 21.9 Å². The van der Waals surface area contributed by atoms with Crippen molar-refractivity contribution in [3.63, 3.8) is 0 Å². The minimum absolute atomic E-state index is 0.367. The Balaban J connectivity index is 2.41. The van der Waals surface area contributed by atoms with Crippen molar-refractivity contribution in [1.82, 2.24) is 10.1 Å². The average molecular weight is 261 g/mol. The Morgan fingerprint density at radius 3 is 2.71 bits per heavy atom. The van der Waals surface area contributed by atoms with E-state index in [1.807, 2.05) is 4.72 Å². The van der Waals surface area contributed by atoms with Gasteiger partial charge in [-0.3, -0.25) is 0 Å². The van der Waals surface area contributed by atoms with Gasteiger partial charge in [0.2, 0.25) is 6.39 Å². The SMILES string of the molecule is O=S(=O)(Nc1ncon1)c1cc(F)ccc1F. The number of aromatic nitrogens is 2. The number of halogens is 2. The lowest BCUT2D eigenvalue weighted by atomic mass is 10.3. The van der Waals surface area contributed by atoms with Gasteiger partial charge >= 0.3 is 0 Å². The van der Waals surface area contributed by atoms with E-state index in [0.717, 1.165) is 12.5 Å². The molecule has 1 heterocycles. The number of nitrogens with one attached hydrogen (secondary N) is 1. The van der Waals surface area contributed by atoms with E-state index in [1.165, 1.54) is 0 Å². The van der Waals surface area contributed by atoms with Gasteiger partial charge in [0.25, 0.3) is 16.0 Å². The molecule has 6 nitrogen and oxygen atoms in total. The van der Waals surface area contributed by atoms with Gasteiger partial charge in [0.1, 0.15) is 16.5 Å². The molecule has 0 aliphatic carbocycles. The fraction of sp³-hybridized carbons (Fsp3) is 0. The van der Waals surface area contributed by atoms with Gasteiger partial charge < -0.3 is 4.52 Å². The molecule has 9 heteroatoms. The van der Waals surface area contributed by atoms with E-state index in [0.29, 0.717) is 12.1 Å². The van der Waals surface area contributed by atoms with Crippen LogP contribution in [0.1, 0.15) is 0 Å². The van der Waals surface area contributed by atoms with Crippen molar-refractivity contribution in [2.75, 3.05) is 4.72 Å². The molecule has 1 aromatic heterocycles. The van der Waals surface area contributed by atoms with Crippen LogP contribution < -0.4 is 4.72 Å². The summed E-state index contributed by atoms with van der Waals surface area (Å²) in [5.41, 5.74) is 0. The van der Waals surface area contributed by atoms with Crippen molar-refractivity contribution in [1.29, 1.82) is 0 Å². The van der Waals surface area contributed by atoms with Crippen LogP contribution in [0, 0.1) is 11.6 Å². The summed E-state index contributed by atoms with van der Waals surface area (Å²) in [6.45, 7) is 0. The average Bonchev–Trinajstić information content (AvgIpc) is 2.73. The summed E-state index contributed by atoms with van der Waals surface area (Å²) < 4.78 is 55.5. The normalized spacial score (nSPS) is 11.4. The van der Waals surface area contributed by atoms with Crippen LogP contribution in [0.25, 0.3) is 0 Å². The first kappa shape index (κ1) is 11.5. The first-order valence-electron chi connectivity index (χ1n) is 4.23. The van der Waals surface area contributed by atoms with Gasteiger partial charge in [0.05, 0.1) is 0 Å². The summed E-state index contributed by atoms with van der Waals surface area (Å²) in [5, 5.41) is 3.19. The van der Waals surface area contributed by atoms with Gasteiger partial charge in [-0.15, -0.1) is 0 Å². The fourth-order valence-corrected chi connectivity index (χ4v) is 2.11. The Hall–Kier alpha value is -2.03. The first-order valence-corrected chi connectivity index (χ1v) is 5.71. The van der Waals surface area contributed by atoms with E-state index in [9.17, 15) is 17.2 Å². The molecule has 90 valence electrons. The van der Waals surface area contributed by atoms with Crippen LogP contribution in [0.15, 0.2) is 34.0 Å². The largest absolute Gasteiger partial charge is 0.341 e. The van der Waals surface area contributed by atoms with Crippen molar-refractivity contribution >= 4 is 16.0 Å². The zero-order valence-electron chi connectivity index (χ0n) is 8.09. The molecule has 0 amide bonds. The van der Waals surface area contributed by atoms with E-state index in [2.05, 4.69) is 14.7 Å². The number of hydrogen-bond donors (Lipinski definition) is 1. The standard InChI is InChI=1S/C8H5F2N3O3S/c9-5-1-2-6(10)7(3-5)17(14,15)13-8-11-4-16-12-8/h1-4H,(H,12,13). The maximum Gasteiger partial charge on any atom is 0.277 e. The molecule has 2 rings (SSSR count). The van der Waals surface area contributed by atoms with Gasteiger partial charge in [0, 0.05) is 0 Å². The monoisotopic (exact) mass is 261 g/mol. The van der Waals surface area contributed by atoms with Crippen LogP contribution in [-0.2, 0) is 10.0 Å². The lowest BCUT2D eigenvalue weighted by Gasteiger charge is -2.05. The zero-order valence-corrected chi connectivity index (χ0v) is 8.91. The molecule has 0 unspecified atom stereocenters. The second-order valence-electron chi connectivity index (χ2n) is 2.94. The molecule has 0 radical (unpaired) electrons. The molecule has 0 aliphatic heterocycles. The summed E-state index contributed by atoms with van der Waals surface area (Å²) in [6.07, 6.45) is 0.889. The maximum absolute atomic E-state index is 13.2. The van der Waals surface area contributed by atoms with Crippen molar-refractivity contribution in [3.05, 3.63) is 36.2 Å². The molecule has 0 saturated heterocycles. The quantitative estimate of drug-likeness (QED) is 0.895. The highest BCUT2D eigenvalue weighted by atomic mass is 32.2. The predicted molar refractivity (Wildman–Crippen MR) is 51.5 cm³/mol. The maximum atomic E-state index is 13.2. The number of nitrogens with zero attached hydrogens (tertiary/aromatic N) is 2. The lowest BCUT2D eigenvalue weighted by Crippen LogP contribution is -2.15. The molecule has 2 aromatic rings. The Bertz CT molecular complexity index is 627. The highest BCUT2D eigenvalue weighted by Gasteiger charge is 2.21. The topological polar surface area (TPSA) is 85.1 Å². The molecule has 0 atom stereocenters. The van der Waals surface area contributed by atoms with Crippen LogP contribution in [0.4, 0.5) is 14.7 Å². The lowest BCUT2D eigenvalue weighted by molar-refractivity contribution is 0.419. The fourth-order valence-electron chi connectivity index (χ4n) is 1.07. The predicted octanol–water partition coefficient (Wildman–Crippen LogP) is 1.15. The molecule has 0 saturated carbocycles. The van der Waals surface area contributed by atoms with Crippen LogP contribution >= 0.6 is 0 Å². The molecule has 1 N–H and O–H groups in total. The number of hydrogen-bond acceptors (Lipinski definition) is 5. The van der Waals surface area contributed by atoms with Gasteiger partial charge in [-0.05, 0) is 23.4 Å². The number of anilines is 1. The van der Waals surface area contributed by atoms with Crippen molar-refractivity contribution in [3.8, 4) is 0 Å². The molecule has 0 bridgehead atoms. The summed E-state index contributed by atoms with van der Waals surface area (Å²) in [5.74, 6) is -2.32. The molecule has 0 spiro atoms. The van der Waals surface area contributed by atoms with E-state index in [-0.39, 0.29) is 5.95 Å². The third kappa shape index (κ3) is 2.38. The molecular formula is C8H5F2N3O3S. The summed E-state index contributed by atoms with van der Waals surface area (Å²) >= 11 is 0. The minimum Gasteiger partial charge on any atom is -0.341 e. The van der Waals surface area contributed by atoms with Crippen molar-refractivity contribution in [2.24, 2.45) is 0 Å².